The number of aromatic nitrogens is 2. The molecule has 0 aromatic carbocycles. The van der Waals surface area contributed by atoms with Crippen LogP contribution < -0.4 is 4.59 Å². The van der Waals surface area contributed by atoms with E-state index in [1.165, 1.54) is 11.7 Å². The molecule has 0 spiro atoms. The Kier molecular flexibility index (Phi) is 3.41. The second-order valence-corrected chi connectivity index (χ2v) is 4.23. The van der Waals surface area contributed by atoms with Crippen LogP contribution in [0, 0.1) is 0 Å². The quantitative estimate of drug-likeness (QED) is 0.670. The summed E-state index contributed by atoms with van der Waals surface area (Å²) in [6.45, 7) is 2.19. The third-order valence-corrected chi connectivity index (χ3v) is 3.34. The van der Waals surface area contributed by atoms with Crippen LogP contribution in [0.2, 0.25) is 5.32 Å². The van der Waals surface area contributed by atoms with Gasteiger partial charge in [-0.1, -0.05) is 0 Å². The van der Waals surface area contributed by atoms with E-state index in [0.717, 1.165) is 4.59 Å². The summed E-state index contributed by atoms with van der Waals surface area (Å²) in [7, 11) is 0. The van der Waals surface area contributed by atoms with Crippen molar-refractivity contribution in [3.63, 3.8) is 0 Å². The molecule has 0 radical (unpaired) electrons. The minimum absolute atomic E-state index is 0.545. The number of hydrogen-bond donors (Lipinski definition) is 0. The first-order valence-electron chi connectivity index (χ1n) is 3.32. The van der Waals surface area contributed by atoms with Gasteiger partial charge in [-0.3, -0.25) is 0 Å². The van der Waals surface area contributed by atoms with Crippen molar-refractivity contribution in [3.8, 4) is 0 Å². The average molecular weight is 201 g/mol. The van der Waals surface area contributed by atoms with Gasteiger partial charge in [-0.05, 0) is 0 Å². The predicted molar refractivity (Wildman–Crippen MR) is 42.5 cm³/mol. The second-order valence-electron chi connectivity index (χ2n) is 1.89. The van der Waals surface area contributed by atoms with Crippen molar-refractivity contribution in [2.75, 3.05) is 0 Å². The van der Waals surface area contributed by atoms with Crippen LogP contribution in [-0.4, -0.2) is 24.9 Å². The number of rotatable bonds is 3. The zero-order valence-corrected chi connectivity index (χ0v) is 7.66. The molecule has 1 aromatic rings. The summed E-state index contributed by atoms with van der Waals surface area (Å²) in [5, 5.41) is 1.27. The van der Waals surface area contributed by atoms with Crippen molar-refractivity contribution < 1.29 is 0 Å². The molecule has 0 aliphatic rings. The summed E-state index contributed by atoms with van der Waals surface area (Å²) in [6.07, 6.45) is 6.57. The van der Waals surface area contributed by atoms with Gasteiger partial charge in [0.1, 0.15) is 0 Å². The molecular formula is C7H10N2Se. The Bertz CT molecular complexity index is 176. The molecule has 0 aliphatic heterocycles. The Balaban J connectivity index is 2.43. The second kappa shape index (κ2) is 4.42. The van der Waals surface area contributed by atoms with Gasteiger partial charge >= 0.3 is 66.8 Å². The van der Waals surface area contributed by atoms with Crippen molar-refractivity contribution in [1.82, 2.24) is 9.97 Å². The fraction of sp³-hybridized carbons (Fsp3) is 0.429. The van der Waals surface area contributed by atoms with Crippen LogP contribution in [0.5, 0.6) is 0 Å². The molecule has 10 heavy (non-hydrogen) atoms. The van der Waals surface area contributed by atoms with Crippen LogP contribution in [0.3, 0.4) is 0 Å². The predicted octanol–water partition coefficient (Wildman–Crippen LogP) is 0.634. The van der Waals surface area contributed by atoms with Crippen LogP contribution in [0.4, 0.5) is 0 Å². The summed E-state index contributed by atoms with van der Waals surface area (Å²) in [5.74, 6) is 0. The molecule has 1 heterocycles. The third kappa shape index (κ3) is 2.46. The summed E-state index contributed by atoms with van der Waals surface area (Å²) < 4.78 is 1.16. The molecule has 0 aliphatic carbocycles. The van der Waals surface area contributed by atoms with E-state index >= 15 is 0 Å². The molecule has 3 heteroatoms. The summed E-state index contributed by atoms with van der Waals surface area (Å²) in [5.41, 5.74) is 0. The topological polar surface area (TPSA) is 25.8 Å². The molecule has 0 bridgehead atoms. The minimum atomic E-state index is 0.545. The molecule has 0 N–H and O–H groups in total. The zero-order valence-electron chi connectivity index (χ0n) is 5.95. The van der Waals surface area contributed by atoms with E-state index in [1.54, 1.807) is 12.4 Å². The molecule has 54 valence electrons. The molecule has 0 fully saturated rings. The Morgan fingerprint density at radius 1 is 1.50 bits per heavy atom. The van der Waals surface area contributed by atoms with Crippen molar-refractivity contribution in [3.05, 3.63) is 18.6 Å². The molecular weight excluding hydrogens is 191 g/mol. The zero-order chi connectivity index (χ0) is 7.23. The standard InChI is InChI=1S/C7H10N2Se/c1-2-5-10-7-6-8-3-4-9-7/h3-4,6H,2,5H2,1H3. The van der Waals surface area contributed by atoms with Crippen LogP contribution in [0.15, 0.2) is 18.6 Å². The Morgan fingerprint density at radius 3 is 3.00 bits per heavy atom. The van der Waals surface area contributed by atoms with Gasteiger partial charge in [0.2, 0.25) is 0 Å². The van der Waals surface area contributed by atoms with Crippen LogP contribution in [0.1, 0.15) is 13.3 Å². The van der Waals surface area contributed by atoms with Crippen LogP contribution >= 0.6 is 0 Å². The maximum atomic E-state index is 4.18. The molecule has 0 unspecified atom stereocenters. The van der Waals surface area contributed by atoms with E-state index in [2.05, 4.69) is 16.9 Å². The number of nitrogens with zero attached hydrogens (tertiary/aromatic N) is 2. The maximum absolute atomic E-state index is 4.18. The number of hydrogen-bond acceptors (Lipinski definition) is 2. The van der Waals surface area contributed by atoms with Gasteiger partial charge in [-0.25, -0.2) is 0 Å². The average Bonchev–Trinajstić information content (AvgIpc) is 2.03. The van der Waals surface area contributed by atoms with Gasteiger partial charge in [0.05, 0.1) is 0 Å². The van der Waals surface area contributed by atoms with E-state index in [4.69, 9.17) is 0 Å². The summed E-state index contributed by atoms with van der Waals surface area (Å²) in [6, 6.07) is 0. The molecule has 2 nitrogen and oxygen atoms in total. The normalized spacial score (nSPS) is 9.70. The first-order chi connectivity index (χ1) is 4.93. The van der Waals surface area contributed by atoms with Gasteiger partial charge in [0.15, 0.2) is 0 Å². The summed E-state index contributed by atoms with van der Waals surface area (Å²) >= 11 is 0.545. The van der Waals surface area contributed by atoms with Crippen molar-refractivity contribution >= 4 is 19.5 Å². The van der Waals surface area contributed by atoms with Gasteiger partial charge in [0, 0.05) is 0 Å². The Morgan fingerprint density at radius 2 is 2.40 bits per heavy atom. The fourth-order valence-corrected chi connectivity index (χ4v) is 2.00. The molecule has 0 amide bonds. The SMILES string of the molecule is CCC[Se]c1cnccn1. The molecule has 0 saturated carbocycles. The Labute approximate surface area is 67.2 Å². The van der Waals surface area contributed by atoms with Crippen molar-refractivity contribution in [2.24, 2.45) is 0 Å². The van der Waals surface area contributed by atoms with Crippen molar-refractivity contribution in [2.45, 2.75) is 18.7 Å². The van der Waals surface area contributed by atoms with E-state index < -0.39 is 0 Å². The van der Waals surface area contributed by atoms with E-state index in [0.29, 0.717) is 15.0 Å². The Hall–Kier alpha value is -0.401. The van der Waals surface area contributed by atoms with E-state index in [9.17, 15) is 0 Å². The first kappa shape index (κ1) is 7.70. The van der Waals surface area contributed by atoms with Crippen LogP contribution in [-0.2, 0) is 0 Å². The van der Waals surface area contributed by atoms with E-state index in [1.807, 2.05) is 6.20 Å². The van der Waals surface area contributed by atoms with Gasteiger partial charge in [0.25, 0.3) is 0 Å². The van der Waals surface area contributed by atoms with Crippen LogP contribution in [0.25, 0.3) is 0 Å². The van der Waals surface area contributed by atoms with Crippen molar-refractivity contribution in [1.29, 1.82) is 0 Å². The third-order valence-electron chi connectivity index (χ3n) is 0.994. The summed E-state index contributed by atoms with van der Waals surface area (Å²) in [4.78, 5) is 8.17. The van der Waals surface area contributed by atoms with E-state index in [-0.39, 0.29) is 0 Å². The molecule has 1 rings (SSSR count). The molecule has 1 aromatic heterocycles. The van der Waals surface area contributed by atoms with Gasteiger partial charge < -0.3 is 0 Å². The van der Waals surface area contributed by atoms with Gasteiger partial charge in [-0.15, -0.1) is 0 Å². The first-order valence-corrected chi connectivity index (χ1v) is 5.39. The molecule has 0 atom stereocenters. The monoisotopic (exact) mass is 202 g/mol. The molecule has 0 saturated heterocycles. The fourth-order valence-electron chi connectivity index (χ4n) is 0.567. The van der Waals surface area contributed by atoms with Gasteiger partial charge in [-0.2, -0.15) is 0 Å².